The van der Waals surface area contributed by atoms with Gasteiger partial charge in [0, 0.05) is 12.4 Å². The molecule has 1 heterocycles. The van der Waals surface area contributed by atoms with E-state index < -0.39 is 0 Å². The third kappa shape index (κ3) is 2.02. The van der Waals surface area contributed by atoms with Gasteiger partial charge in [-0.3, -0.25) is 4.79 Å². The average molecular weight is 166 g/mol. The monoisotopic (exact) mass is 166 g/mol. The lowest BCUT2D eigenvalue weighted by Crippen LogP contribution is -2.05. The Hall–Kier alpha value is -1.45. The van der Waals surface area contributed by atoms with Crippen LogP contribution in [0.25, 0.3) is 0 Å². The van der Waals surface area contributed by atoms with Crippen LogP contribution in [0, 0.1) is 0 Å². The minimum atomic E-state index is -0.316. The molecule has 64 valence electrons. The van der Waals surface area contributed by atoms with Crippen molar-refractivity contribution < 1.29 is 9.53 Å². The van der Waals surface area contributed by atoms with Gasteiger partial charge in [-0.05, 0) is 12.5 Å². The Balaban J connectivity index is 2.72. The van der Waals surface area contributed by atoms with Gasteiger partial charge < -0.3 is 4.74 Å². The third-order valence-corrected chi connectivity index (χ3v) is 1.46. The maximum atomic E-state index is 10.1. The summed E-state index contributed by atoms with van der Waals surface area (Å²) in [6.45, 7) is 2.33. The maximum Gasteiger partial charge on any atom is 0.293 e. The fraction of sp³-hybridized carbons (Fsp3) is 0.375. The number of ether oxygens (including phenoxy) is 1. The highest BCUT2D eigenvalue weighted by Gasteiger charge is 2.11. The lowest BCUT2D eigenvalue weighted by Gasteiger charge is -2.09. The highest BCUT2D eigenvalue weighted by atomic mass is 16.5. The molecule has 0 aliphatic heterocycles. The number of aromatic nitrogens is 2. The van der Waals surface area contributed by atoms with Gasteiger partial charge in [-0.25, -0.2) is 9.97 Å². The fourth-order valence-corrected chi connectivity index (χ4v) is 0.884. The van der Waals surface area contributed by atoms with Gasteiger partial charge in [-0.1, -0.05) is 6.92 Å². The Morgan fingerprint density at radius 1 is 1.58 bits per heavy atom. The Bertz CT molecular complexity index is 238. The minimum Gasteiger partial charge on any atom is -0.456 e. The van der Waals surface area contributed by atoms with Crippen LogP contribution in [0.4, 0.5) is 0 Å². The van der Waals surface area contributed by atoms with Crippen molar-refractivity contribution in [3.05, 3.63) is 24.3 Å². The van der Waals surface area contributed by atoms with E-state index in [0.29, 0.717) is 18.7 Å². The van der Waals surface area contributed by atoms with E-state index in [1.54, 1.807) is 18.5 Å². The van der Waals surface area contributed by atoms with E-state index in [1.165, 1.54) is 0 Å². The van der Waals surface area contributed by atoms with Gasteiger partial charge in [0.1, 0.15) is 0 Å². The normalized spacial score (nSPS) is 12.1. The van der Waals surface area contributed by atoms with Crippen LogP contribution in [0.1, 0.15) is 25.3 Å². The van der Waals surface area contributed by atoms with Crippen molar-refractivity contribution >= 4 is 6.47 Å². The molecule has 12 heavy (non-hydrogen) atoms. The lowest BCUT2D eigenvalue weighted by molar-refractivity contribution is -0.134. The first-order chi connectivity index (χ1) is 5.88. The molecule has 0 fully saturated rings. The van der Waals surface area contributed by atoms with Gasteiger partial charge in [0.15, 0.2) is 11.9 Å². The molecule has 0 saturated heterocycles. The van der Waals surface area contributed by atoms with Crippen LogP contribution < -0.4 is 0 Å². The second-order valence-corrected chi connectivity index (χ2v) is 2.24. The van der Waals surface area contributed by atoms with Gasteiger partial charge in [0.25, 0.3) is 6.47 Å². The highest BCUT2D eigenvalue weighted by molar-refractivity contribution is 5.37. The summed E-state index contributed by atoms with van der Waals surface area (Å²) >= 11 is 0. The highest BCUT2D eigenvalue weighted by Crippen LogP contribution is 2.14. The number of hydrogen-bond donors (Lipinski definition) is 0. The first kappa shape index (κ1) is 8.64. The van der Waals surface area contributed by atoms with Crippen molar-refractivity contribution in [2.24, 2.45) is 0 Å². The van der Waals surface area contributed by atoms with Gasteiger partial charge in [0.05, 0.1) is 0 Å². The Labute approximate surface area is 70.6 Å². The minimum absolute atomic E-state index is 0.316. The summed E-state index contributed by atoms with van der Waals surface area (Å²) in [7, 11) is 0. The summed E-state index contributed by atoms with van der Waals surface area (Å²) in [4.78, 5) is 18.0. The molecule has 0 N–H and O–H groups in total. The molecular formula is C8H10N2O2. The Morgan fingerprint density at radius 3 is 2.75 bits per heavy atom. The standard InChI is InChI=1S/C8H10N2O2/c1-2-7(12-6-11)8-9-4-3-5-10-8/h3-7H,2H2,1H3. The molecule has 4 nitrogen and oxygen atoms in total. The summed E-state index contributed by atoms with van der Waals surface area (Å²) in [5, 5.41) is 0. The van der Waals surface area contributed by atoms with E-state index in [0.717, 1.165) is 0 Å². The van der Waals surface area contributed by atoms with Crippen molar-refractivity contribution in [2.45, 2.75) is 19.4 Å². The average Bonchev–Trinajstić information content (AvgIpc) is 2.15. The maximum absolute atomic E-state index is 10.1. The molecule has 1 aromatic rings. The molecule has 1 atom stereocenters. The zero-order chi connectivity index (χ0) is 8.81. The van der Waals surface area contributed by atoms with E-state index in [9.17, 15) is 4.79 Å². The zero-order valence-electron chi connectivity index (χ0n) is 6.80. The first-order valence-electron chi connectivity index (χ1n) is 3.74. The summed E-state index contributed by atoms with van der Waals surface area (Å²) in [5.74, 6) is 0.548. The van der Waals surface area contributed by atoms with Crippen LogP contribution in [0.2, 0.25) is 0 Å². The second kappa shape index (κ2) is 4.43. The third-order valence-electron chi connectivity index (χ3n) is 1.46. The Kier molecular flexibility index (Phi) is 3.19. The molecule has 0 spiro atoms. The number of carbonyl (C=O) groups excluding carboxylic acids is 1. The summed E-state index contributed by atoms with van der Waals surface area (Å²) in [6, 6.07) is 1.72. The number of rotatable bonds is 4. The predicted octanol–water partition coefficient (Wildman–Crippen LogP) is 1.10. The molecule has 0 saturated carbocycles. The smallest absolute Gasteiger partial charge is 0.293 e. The van der Waals surface area contributed by atoms with Gasteiger partial charge in [-0.2, -0.15) is 0 Å². The number of nitrogens with zero attached hydrogens (tertiary/aromatic N) is 2. The number of hydrogen-bond acceptors (Lipinski definition) is 4. The molecular weight excluding hydrogens is 156 g/mol. The van der Waals surface area contributed by atoms with Gasteiger partial charge in [0.2, 0.25) is 0 Å². The van der Waals surface area contributed by atoms with E-state index in [1.807, 2.05) is 6.92 Å². The molecule has 0 amide bonds. The van der Waals surface area contributed by atoms with Crippen LogP contribution >= 0.6 is 0 Å². The van der Waals surface area contributed by atoms with Gasteiger partial charge in [-0.15, -0.1) is 0 Å². The van der Waals surface area contributed by atoms with Crippen LogP contribution in [0.15, 0.2) is 18.5 Å². The van der Waals surface area contributed by atoms with Crippen LogP contribution in [-0.2, 0) is 9.53 Å². The molecule has 0 bridgehead atoms. The van der Waals surface area contributed by atoms with Crippen molar-refractivity contribution in [1.82, 2.24) is 9.97 Å². The van der Waals surface area contributed by atoms with Crippen molar-refractivity contribution in [3.8, 4) is 0 Å². The molecule has 0 aromatic carbocycles. The van der Waals surface area contributed by atoms with E-state index in [4.69, 9.17) is 4.74 Å². The number of carbonyl (C=O) groups is 1. The van der Waals surface area contributed by atoms with E-state index >= 15 is 0 Å². The fourth-order valence-electron chi connectivity index (χ4n) is 0.884. The van der Waals surface area contributed by atoms with Crippen LogP contribution in [-0.4, -0.2) is 16.4 Å². The quantitative estimate of drug-likeness (QED) is 0.628. The largest absolute Gasteiger partial charge is 0.456 e. The topological polar surface area (TPSA) is 52.1 Å². The molecule has 1 aromatic heterocycles. The van der Waals surface area contributed by atoms with Crippen molar-refractivity contribution in [1.29, 1.82) is 0 Å². The molecule has 0 aliphatic rings. The summed E-state index contributed by atoms with van der Waals surface area (Å²) in [6.07, 6.45) is 3.62. The SMILES string of the molecule is CCC(OC=O)c1ncccn1. The van der Waals surface area contributed by atoms with E-state index in [2.05, 4.69) is 9.97 Å². The molecule has 4 heteroatoms. The summed E-state index contributed by atoms with van der Waals surface area (Å²) in [5.41, 5.74) is 0. The first-order valence-corrected chi connectivity index (χ1v) is 3.74. The molecule has 0 radical (unpaired) electrons. The molecule has 1 unspecified atom stereocenters. The Morgan fingerprint density at radius 2 is 2.25 bits per heavy atom. The zero-order valence-corrected chi connectivity index (χ0v) is 6.80. The van der Waals surface area contributed by atoms with Crippen molar-refractivity contribution in [2.75, 3.05) is 0 Å². The summed E-state index contributed by atoms with van der Waals surface area (Å²) < 4.78 is 4.77. The van der Waals surface area contributed by atoms with Crippen LogP contribution in [0.3, 0.4) is 0 Å². The predicted molar refractivity (Wildman–Crippen MR) is 42.2 cm³/mol. The second-order valence-electron chi connectivity index (χ2n) is 2.24. The van der Waals surface area contributed by atoms with Crippen molar-refractivity contribution in [3.63, 3.8) is 0 Å². The van der Waals surface area contributed by atoms with Crippen LogP contribution in [0.5, 0.6) is 0 Å². The lowest BCUT2D eigenvalue weighted by atomic mass is 10.2. The van der Waals surface area contributed by atoms with E-state index in [-0.39, 0.29) is 6.10 Å². The molecule has 1 rings (SSSR count). The van der Waals surface area contributed by atoms with Gasteiger partial charge >= 0.3 is 0 Å². The molecule has 0 aliphatic carbocycles.